The fraction of sp³-hybridized carbons (Fsp3) is 0.500. The molecule has 2 N–H and O–H groups in total. The first kappa shape index (κ1) is 13.6. The summed E-state index contributed by atoms with van der Waals surface area (Å²) < 4.78 is 23.1. The zero-order chi connectivity index (χ0) is 14.2. The van der Waals surface area contributed by atoms with Crippen molar-refractivity contribution in [1.82, 2.24) is 10.6 Å². The van der Waals surface area contributed by atoms with Gasteiger partial charge < -0.3 is 10.6 Å². The highest BCUT2D eigenvalue weighted by Gasteiger charge is 2.26. The lowest BCUT2D eigenvalue weighted by Crippen LogP contribution is -2.43. The van der Waals surface area contributed by atoms with E-state index in [1.165, 1.54) is 5.56 Å². The molecule has 2 heterocycles. The Kier molecular flexibility index (Phi) is 3.52. The number of benzene rings is 1. The summed E-state index contributed by atoms with van der Waals surface area (Å²) in [5, 5.41) is 6.08. The highest BCUT2D eigenvalue weighted by molar-refractivity contribution is 7.91. The molecule has 2 aliphatic heterocycles. The van der Waals surface area contributed by atoms with E-state index in [9.17, 15) is 13.2 Å². The number of carbonyl (C=O) groups excluding carboxylic acids is 1. The molecule has 1 fully saturated rings. The number of sulfone groups is 1. The average molecular weight is 294 g/mol. The van der Waals surface area contributed by atoms with Crippen molar-refractivity contribution in [3.63, 3.8) is 0 Å². The van der Waals surface area contributed by atoms with Gasteiger partial charge in [-0.15, -0.1) is 0 Å². The molecule has 6 heteroatoms. The topological polar surface area (TPSA) is 75.3 Å². The van der Waals surface area contributed by atoms with Gasteiger partial charge in [-0.2, -0.15) is 0 Å². The van der Waals surface area contributed by atoms with Gasteiger partial charge in [-0.05, 0) is 36.1 Å². The summed E-state index contributed by atoms with van der Waals surface area (Å²) in [6.45, 7) is 1.63. The third-order valence-corrected chi connectivity index (χ3v) is 5.72. The van der Waals surface area contributed by atoms with Crippen molar-refractivity contribution in [2.45, 2.75) is 32.0 Å². The van der Waals surface area contributed by atoms with Gasteiger partial charge in [0.15, 0.2) is 9.84 Å². The first-order valence-electron chi connectivity index (χ1n) is 6.87. The van der Waals surface area contributed by atoms with Crippen LogP contribution in [-0.2, 0) is 22.9 Å². The van der Waals surface area contributed by atoms with E-state index in [0.29, 0.717) is 12.0 Å². The number of nitrogens with one attached hydrogen (secondary N) is 2. The first-order chi connectivity index (χ1) is 9.53. The predicted octanol–water partition coefficient (Wildman–Crippen LogP) is 0.597. The van der Waals surface area contributed by atoms with E-state index in [1.54, 1.807) is 6.07 Å². The number of rotatable bonds is 2. The van der Waals surface area contributed by atoms with Crippen molar-refractivity contribution in [3.05, 3.63) is 34.9 Å². The molecule has 1 unspecified atom stereocenters. The number of carbonyl (C=O) groups is 1. The molecular formula is C14H18N2O3S. The molecule has 0 saturated carbocycles. The first-order valence-corrected chi connectivity index (χ1v) is 8.69. The summed E-state index contributed by atoms with van der Waals surface area (Å²) in [6.07, 6.45) is 1.36. The van der Waals surface area contributed by atoms with Crippen LogP contribution in [0.4, 0.5) is 0 Å². The molecule has 3 rings (SSSR count). The van der Waals surface area contributed by atoms with Crippen LogP contribution in [0.5, 0.6) is 0 Å². The molecular weight excluding hydrogens is 276 g/mol. The number of amides is 1. The highest BCUT2D eigenvalue weighted by atomic mass is 32.2. The van der Waals surface area contributed by atoms with Gasteiger partial charge >= 0.3 is 0 Å². The number of hydrogen-bond donors (Lipinski definition) is 2. The Bertz CT molecular complexity index is 640. The fourth-order valence-corrected chi connectivity index (χ4v) is 4.48. The second-order valence-electron chi connectivity index (χ2n) is 5.51. The lowest BCUT2D eigenvalue weighted by molar-refractivity contribution is 0.0938. The van der Waals surface area contributed by atoms with Gasteiger partial charge in [0.05, 0.1) is 11.5 Å². The van der Waals surface area contributed by atoms with Crippen LogP contribution in [0.3, 0.4) is 0 Å². The molecule has 0 aliphatic carbocycles. The van der Waals surface area contributed by atoms with E-state index in [0.717, 1.165) is 25.1 Å². The van der Waals surface area contributed by atoms with Gasteiger partial charge in [0.2, 0.25) is 0 Å². The molecule has 108 valence electrons. The quantitative estimate of drug-likeness (QED) is 0.837. The summed E-state index contributed by atoms with van der Waals surface area (Å²) in [5.74, 6) is 0.122. The average Bonchev–Trinajstić information content (AvgIpc) is 2.84. The van der Waals surface area contributed by atoms with E-state index < -0.39 is 9.84 Å². The summed E-state index contributed by atoms with van der Waals surface area (Å²) in [5.41, 5.74) is 2.98. The van der Waals surface area contributed by atoms with Gasteiger partial charge in [0.1, 0.15) is 0 Å². The zero-order valence-corrected chi connectivity index (χ0v) is 12.0. The van der Waals surface area contributed by atoms with Gasteiger partial charge in [0, 0.05) is 24.7 Å². The maximum absolute atomic E-state index is 12.2. The Morgan fingerprint density at radius 1 is 1.25 bits per heavy atom. The van der Waals surface area contributed by atoms with Crippen LogP contribution in [0.15, 0.2) is 18.2 Å². The van der Waals surface area contributed by atoms with Crippen molar-refractivity contribution in [2.24, 2.45) is 0 Å². The van der Waals surface area contributed by atoms with Crippen molar-refractivity contribution < 1.29 is 13.2 Å². The van der Waals surface area contributed by atoms with Crippen LogP contribution in [0.2, 0.25) is 0 Å². The molecule has 5 nitrogen and oxygen atoms in total. The maximum atomic E-state index is 12.2. The predicted molar refractivity (Wildman–Crippen MR) is 76.1 cm³/mol. The third kappa shape index (κ3) is 2.86. The summed E-state index contributed by atoms with van der Waals surface area (Å²) >= 11 is 0. The maximum Gasteiger partial charge on any atom is 0.251 e. The van der Waals surface area contributed by atoms with Crippen LogP contribution in [0.25, 0.3) is 0 Å². The molecule has 1 saturated heterocycles. The van der Waals surface area contributed by atoms with Crippen molar-refractivity contribution in [2.75, 3.05) is 11.5 Å². The second kappa shape index (κ2) is 5.18. The lowest BCUT2D eigenvalue weighted by atomic mass is 10.1. The largest absolute Gasteiger partial charge is 0.348 e. The Morgan fingerprint density at radius 3 is 2.85 bits per heavy atom. The van der Waals surface area contributed by atoms with Crippen LogP contribution in [0, 0.1) is 0 Å². The van der Waals surface area contributed by atoms with E-state index >= 15 is 0 Å². The van der Waals surface area contributed by atoms with Crippen molar-refractivity contribution >= 4 is 15.7 Å². The Labute approximate surface area is 118 Å². The van der Waals surface area contributed by atoms with E-state index in [4.69, 9.17) is 0 Å². The summed E-state index contributed by atoms with van der Waals surface area (Å²) in [7, 11) is -2.99. The normalized spacial score (nSPS) is 24.1. The lowest BCUT2D eigenvalue weighted by Gasteiger charge is -2.23. The van der Waals surface area contributed by atoms with Gasteiger partial charge in [-0.25, -0.2) is 8.42 Å². The molecule has 0 aromatic heterocycles. The molecule has 0 spiro atoms. The minimum Gasteiger partial charge on any atom is -0.348 e. The van der Waals surface area contributed by atoms with Gasteiger partial charge in [-0.1, -0.05) is 6.07 Å². The smallest absolute Gasteiger partial charge is 0.251 e. The van der Waals surface area contributed by atoms with Crippen LogP contribution in [0.1, 0.15) is 34.3 Å². The van der Waals surface area contributed by atoms with Crippen LogP contribution < -0.4 is 10.6 Å². The molecule has 1 aromatic carbocycles. The Balaban J connectivity index is 1.70. The minimum atomic E-state index is -2.99. The molecule has 1 aromatic rings. The van der Waals surface area contributed by atoms with Gasteiger partial charge in [0.25, 0.3) is 5.91 Å². The SMILES string of the molecule is O=C(NC1CCCS(=O)(=O)C1)c1ccc2c(c1)CNC2. The second-order valence-corrected chi connectivity index (χ2v) is 7.74. The fourth-order valence-electron chi connectivity index (χ4n) is 2.84. The van der Waals surface area contributed by atoms with Crippen molar-refractivity contribution in [3.8, 4) is 0 Å². The Hall–Kier alpha value is -1.40. The summed E-state index contributed by atoms with van der Waals surface area (Å²) in [4.78, 5) is 12.2. The molecule has 1 atom stereocenters. The molecule has 1 amide bonds. The van der Waals surface area contributed by atoms with E-state index in [2.05, 4.69) is 10.6 Å². The molecule has 20 heavy (non-hydrogen) atoms. The van der Waals surface area contributed by atoms with Crippen LogP contribution in [-0.4, -0.2) is 31.9 Å². The minimum absolute atomic E-state index is 0.0608. The monoisotopic (exact) mass is 294 g/mol. The van der Waals surface area contributed by atoms with Gasteiger partial charge in [-0.3, -0.25) is 4.79 Å². The molecule has 0 radical (unpaired) electrons. The highest BCUT2D eigenvalue weighted by Crippen LogP contribution is 2.18. The number of hydrogen-bond acceptors (Lipinski definition) is 4. The van der Waals surface area contributed by atoms with Crippen molar-refractivity contribution in [1.29, 1.82) is 0 Å². The summed E-state index contributed by atoms with van der Waals surface area (Å²) in [6, 6.07) is 5.40. The van der Waals surface area contributed by atoms with E-state index in [-0.39, 0.29) is 23.5 Å². The number of fused-ring (bicyclic) bond motifs is 1. The molecule has 2 aliphatic rings. The standard InChI is InChI=1S/C14H18N2O3S/c17-14(16-13-2-1-5-20(18,19)9-13)10-3-4-11-7-15-8-12(11)6-10/h3-4,6,13,15H,1-2,5,7-9H2,(H,16,17). The molecule has 0 bridgehead atoms. The third-order valence-electron chi connectivity index (χ3n) is 3.90. The van der Waals surface area contributed by atoms with Crippen LogP contribution >= 0.6 is 0 Å². The zero-order valence-electron chi connectivity index (χ0n) is 11.2. The Morgan fingerprint density at radius 2 is 2.05 bits per heavy atom. The van der Waals surface area contributed by atoms with E-state index in [1.807, 2.05) is 12.1 Å².